The van der Waals surface area contributed by atoms with Crippen molar-refractivity contribution in [1.82, 2.24) is 4.57 Å². The number of nitrogens with zero attached hydrogens (tertiary/aromatic N) is 1. The summed E-state index contributed by atoms with van der Waals surface area (Å²) >= 11 is 0. The summed E-state index contributed by atoms with van der Waals surface area (Å²) < 4.78 is 6.77. The van der Waals surface area contributed by atoms with Crippen molar-refractivity contribution in [2.45, 2.75) is 26.0 Å². The van der Waals surface area contributed by atoms with Gasteiger partial charge in [0.1, 0.15) is 12.1 Å². The Bertz CT molecular complexity index is 688. The molecule has 0 spiro atoms. The molecule has 0 aliphatic carbocycles. The number of carboxylic acids is 1. The van der Waals surface area contributed by atoms with Gasteiger partial charge in [-0.15, -0.1) is 0 Å². The minimum absolute atomic E-state index is 0.0914. The van der Waals surface area contributed by atoms with Crippen LogP contribution in [-0.4, -0.2) is 34.3 Å². The fourth-order valence-electron chi connectivity index (χ4n) is 1.94. The zero-order valence-electron chi connectivity index (χ0n) is 12.2. The Balaban J connectivity index is 2.24. The first kappa shape index (κ1) is 15.1. The van der Waals surface area contributed by atoms with Crippen molar-refractivity contribution in [2.75, 3.05) is 12.4 Å². The lowest BCUT2D eigenvalue weighted by Crippen LogP contribution is -2.38. The average Bonchev–Trinajstić information content (AvgIpc) is 2.80. The van der Waals surface area contributed by atoms with E-state index in [2.05, 4.69) is 5.32 Å². The van der Waals surface area contributed by atoms with Gasteiger partial charge in [0.15, 0.2) is 0 Å². The molecule has 0 aliphatic rings. The van der Waals surface area contributed by atoms with Gasteiger partial charge in [-0.3, -0.25) is 9.59 Å². The van der Waals surface area contributed by atoms with Crippen LogP contribution in [0, 0.1) is 0 Å². The van der Waals surface area contributed by atoms with E-state index in [1.807, 2.05) is 6.07 Å². The number of carbonyl (C=O) groups excluding carboxylic acids is 1. The second kappa shape index (κ2) is 5.57. The molecule has 0 atom stereocenters. The van der Waals surface area contributed by atoms with Crippen LogP contribution in [0.5, 0.6) is 0 Å². The third-order valence-corrected chi connectivity index (χ3v) is 3.39. The van der Waals surface area contributed by atoms with Crippen molar-refractivity contribution in [3.63, 3.8) is 0 Å². The maximum Gasteiger partial charge on any atom is 0.323 e. The predicted molar refractivity (Wildman–Crippen MR) is 79.3 cm³/mol. The molecule has 1 aromatic carbocycles. The summed E-state index contributed by atoms with van der Waals surface area (Å²) in [7, 11) is 1.48. The van der Waals surface area contributed by atoms with Crippen LogP contribution in [0.15, 0.2) is 30.5 Å². The van der Waals surface area contributed by atoms with Crippen LogP contribution >= 0.6 is 0 Å². The van der Waals surface area contributed by atoms with Crippen molar-refractivity contribution < 1.29 is 19.4 Å². The molecule has 21 heavy (non-hydrogen) atoms. The minimum Gasteiger partial charge on any atom is -0.480 e. The Labute approximate surface area is 122 Å². The number of methoxy groups -OCH3 is 1. The van der Waals surface area contributed by atoms with E-state index in [0.29, 0.717) is 5.69 Å². The van der Waals surface area contributed by atoms with Gasteiger partial charge in [-0.25, -0.2) is 0 Å². The number of ether oxygens (including phenoxy) is 1. The molecule has 0 fully saturated rings. The molecule has 112 valence electrons. The molecule has 0 aliphatic heterocycles. The van der Waals surface area contributed by atoms with Crippen LogP contribution in [0.4, 0.5) is 5.69 Å². The van der Waals surface area contributed by atoms with Gasteiger partial charge in [0.25, 0.3) is 5.91 Å². The largest absolute Gasteiger partial charge is 0.480 e. The van der Waals surface area contributed by atoms with E-state index in [1.165, 1.54) is 7.11 Å². The fourth-order valence-corrected chi connectivity index (χ4v) is 1.94. The summed E-state index contributed by atoms with van der Waals surface area (Å²) in [6.45, 7) is 3.28. The number of aromatic nitrogens is 1. The van der Waals surface area contributed by atoms with E-state index >= 15 is 0 Å². The minimum atomic E-state index is -0.913. The number of fused-ring (bicyclic) bond motifs is 1. The Morgan fingerprint density at radius 3 is 2.67 bits per heavy atom. The summed E-state index contributed by atoms with van der Waals surface area (Å²) in [5, 5.41) is 12.5. The van der Waals surface area contributed by atoms with E-state index in [-0.39, 0.29) is 12.5 Å². The van der Waals surface area contributed by atoms with E-state index in [0.717, 1.165) is 10.9 Å². The molecule has 0 radical (unpaired) electrons. The van der Waals surface area contributed by atoms with Gasteiger partial charge in [0.2, 0.25) is 0 Å². The lowest BCUT2D eigenvalue weighted by molar-refractivity contribution is -0.137. The lowest BCUT2D eigenvalue weighted by atomic mass is 10.1. The number of carboxylic acid groups (broad SMARTS) is 1. The second-order valence-corrected chi connectivity index (χ2v) is 5.28. The summed E-state index contributed by atoms with van der Waals surface area (Å²) in [6.07, 6.45) is 1.71. The summed E-state index contributed by atoms with van der Waals surface area (Å²) in [5.41, 5.74) is 0.539. The summed E-state index contributed by atoms with van der Waals surface area (Å²) in [4.78, 5) is 22.8. The molecule has 1 heterocycles. The number of hydrogen-bond donors (Lipinski definition) is 2. The fraction of sp³-hybridized carbons (Fsp3) is 0.333. The Hall–Kier alpha value is -2.34. The van der Waals surface area contributed by atoms with Gasteiger partial charge in [-0.2, -0.15) is 0 Å². The molecule has 6 nitrogen and oxygen atoms in total. The number of anilines is 1. The van der Waals surface area contributed by atoms with Crippen LogP contribution in [0.2, 0.25) is 0 Å². The van der Waals surface area contributed by atoms with Crippen molar-refractivity contribution in [1.29, 1.82) is 0 Å². The van der Waals surface area contributed by atoms with Gasteiger partial charge in [0.05, 0.1) is 0 Å². The van der Waals surface area contributed by atoms with Gasteiger partial charge in [0, 0.05) is 29.9 Å². The highest BCUT2D eigenvalue weighted by atomic mass is 16.5. The SMILES string of the molecule is COC(C)(C)C(=O)Nc1ccc2c(ccn2CC(=O)O)c1. The number of benzene rings is 1. The molecule has 2 rings (SSSR count). The Kier molecular flexibility index (Phi) is 3.99. The number of hydrogen-bond acceptors (Lipinski definition) is 3. The summed E-state index contributed by atoms with van der Waals surface area (Å²) in [5.74, 6) is -1.14. The molecule has 6 heteroatoms. The van der Waals surface area contributed by atoms with Gasteiger partial charge >= 0.3 is 5.97 Å². The molecule has 1 amide bonds. The van der Waals surface area contributed by atoms with Crippen molar-refractivity contribution >= 4 is 28.5 Å². The van der Waals surface area contributed by atoms with Crippen LogP contribution in [0.25, 0.3) is 10.9 Å². The van der Waals surface area contributed by atoms with E-state index in [4.69, 9.17) is 9.84 Å². The van der Waals surface area contributed by atoms with Crippen LogP contribution < -0.4 is 5.32 Å². The molecular weight excluding hydrogens is 272 g/mol. The number of amides is 1. The van der Waals surface area contributed by atoms with E-state index in [9.17, 15) is 9.59 Å². The zero-order chi connectivity index (χ0) is 15.6. The molecule has 0 saturated carbocycles. The molecule has 2 N–H and O–H groups in total. The predicted octanol–water partition coefficient (Wildman–Crippen LogP) is 2.09. The van der Waals surface area contributed by atoms with Crippen molar-refractivity contribution in [2.24, 2.45) is 0 Å². The standard InChI is InChI=1S/C15H18N2O4/c1-15(2,21-3)14(20)16-11-4-5-12-10(8-11)6-7-17(12)9-13(18)19/h4-8H,9H2,1-3H3,(H,16,20)(H,18,19). The average molecular weight is 290 g/mol. The number of carbonyl (C=O) groups is 2. The quantitative estimate of drug-likeness (QED) is 0.883. The second-order valence-electron chi connectivity index (χ2n) is 5.28. The Morgan fingerprint density at radius 2 is 2.05 bits per heavy atom. The molecule has 1 aromatic heterocycles. The number of nitrogens with one attached hydrogen (secondary N) is 1. The van der Waals surface area contributed by atoms with Crippen LogP contribution in [-0.2, 0) is 20.9 Å². The smallest absolute Gasteiger partial charge is 0.323 e. The van der Waals surface area contributed by atoms with Gasteiger partial charge < -0.3 is 19.7 Å². The van der Waals surface area contributed by atoms with E-state index in [1.54, 1.807) is 42.8 Å². The highest BCUT2D eigenvalue weighted by molar-refractivity contribution is 5.98. The zero-order valence-corrected chi connectivity index (χ0v) is 12.2. The highest BCUT2D eigenvalue weighted by Crippen LogP contribution is 2.22. The van der Waals surface area contributed by atoms with Gasteiger partial charge in [-0.05, 0) is 38.1 Å². The maximum atomic E-state index is 12.0. The van der Waals surface area contributed by atoms with Gasteiger partial charge in [-0.1, -0.05) is 0 Å². The molecule has 0 saturated heterocycles. The van der Waals surface area contributed by atoms with E-state index < -0.39 is 11.6 Å². The van der Waals surface area contributed by atoms with Crippen molar-refractivity contribution in [3.05, 3.63) is 30.5 Å². The maximum absolute atomic E-state index is 12.0. The molecular formula is C15H18N2O4. The first-order valence-corrected chi connectivity index (χ1v) is 6.51. The molecule has 0 bridgehead atoms. The first-order valence-electron chi connectivity index (χ1n) is 6.51. The lowest BCUT2D eigenvalue weighted by Gasteiger charge is -2.21. The number of aliphatic carboxylic acids is 1. The highest BCUT2D eigenvalue weighted by Gasteiger charge is 2.26. The molecule has 2 aromatic rings. The van der Waals surface area contributed by atoms with Crippen LogP contribution in [0.3, 0.4) is 0 Å². The third-order valence-electron chi connectivity index (χ3n) is 3.39. The topological polar surface area (TPSA) is 80.6 Å². The monoisotopic (exact) mass is 290 g/mol. The summed E-state index contributed by atoms with van der Waals surface area (Å²) in [6, 6.07) is 7.14. The van der Waals surface area contributed by atoms with Crippen LogP contribution in [0.1, 0.15) is 13.8 Å². The molecule has 0 unspecified atom stereocenters. The Morgan fingerprint density at radius 1 is 1.33 bits per heavy atom. The first-order chi connectivity index (χ1) is 9.83. The normalized spacial score (nSPS) is 11.6. The third kappa shape index (κ3) is 3.22. The van der Waals surface area contributed by atoms with Crippen molar-refractivity contribution in [3.8, 4) is 0 Å². The number of rotatable bonds is 5.